The summed E-state index contributed by atoms with van der Waals surface area (Å²) in [6.07, 6.45) is 0. The smallest absolute Gasteiger partial charge is 0.454 e. The minimum Gasteiger partial charge on any atom is -0.509 e. The zero-order valence-electron chi connectivity index (χ0n) is 37.7. The highest BCUT2D eigenvalue weighted by atomic mass is 28.4. The van der Waals surface area contributed by atoms with Gasteiger partial charge in [0.05, 0.1) is 49.8 Å². The summed E-state index contributed by atoms with van der Waals surface area (Å²) in [4.78, 5) is 10.6. The number of benzene rings is 9. The zero-order chi connectivity index (χ0) is 45.8. The molecule has 1 aliphatic rings. The van der Waals surface area contributed by atoms with Crippen molar-refractivity contribution < 1.29 is 13.6 Å². The molecule has 0 spiro atoms. The molecule has 9 nitrogen and oxygen atoms in total. The van der Waals surface area contributed by atoms with Crippen LogP contribution >= 0.6 is 0 Å². The maximum atomic E-state index is 7.12. The first-order chi connectivity index (χ1) is 33.9. The van der Waals surface area contributed by atoms with Gasteiger partial charge in [-0.2, -0.15) is 0 Å². The molecule has 0 amide bonds. The average Bonchev–Trinajstić information content (AvgIpc) is 4.12. The van der Waals surface area contributed by atoms with Gasteiger partial charge in [0.2, 0.25) is 11.6 Å². The Morgan fingerprint density at radius 3 is 1.57 bits per heavy atom. The van der Waals surface area contributed by atoms with E-state index in [4.69, 9.17) is 23.6 Å². The van der Waals surface area contributed by atoms with Crippen LogP contribution in [0.3, 0.4) is 0 Å². The highest BCUT2D eigenvalue weighted by Crippen LogP contribution is 2.41. The van der Waals surface area contributed by atoms with Gasteiger partial charge in [0.25, 0.3) is 0 Å². The van der Waals surface area contributed by atoms with Crippen LogP contribution in [0.25, 0.3) is 67.1 Å². The molecule has 0 N–H and O–H groups in total. The summed E-state index contributed by atoms with van der Waals surface area (Å²) >= 11 is 0. The van der Waals surface area contributed by atoms with Crippen molar-refractivity contribution >= 4 is 93.1 Å². The van der Waals surface area contributed by atoms with E-state index in [2.05, 4.69) is 213 Å². The molecular weight excluding hydrogens is 885 g/mol. The van der Waals surface area contributed by atoms with Gasteiger partial charge in [0.1, 0.15) is 11.5 Å². The Balaban J connectivity index is 1.04. The predicted octanol–water partition coefficient (Wildman–Crippen LogP) is 10.8. The number of hydrogen-bond donors (Lipinski definition) is 0. The Hall–Kier alpha value is -8.65. The van der Waals surface area contributed by atoms with Crippen LogP contribution < -0.4 is 34.3 Å². The van der Waals surface area contributed by atoms with E-state index in [9.17, 15) is 0 Å². The zero-order valence-corrected chi connectivity index (χ0v) is 39.7. The summed E-state index contributed by atoms with van der Waals surface area (Å²) in [6, 6.07) is 77.4. The van der Waals surface area contributed by atoms with Crippen molar-refractivity contribution in [2.24, 2.45) is 0 Å². The lowest BCUT2D eigenvalue weighted by molar-refractivity contribution is 0.346. The van der Waals surface area contributed by atoms with Crippen LogP contribution in [0.15, 0.2) is 218 Å². The second-order valence-electron chi connectivity index (χ2n) is 18.1. The third kappa shape index (κ3) is 5.87. The molecule has 4 aromatic heterocycles. The highest BCUT2D eigenvalue weighted by molar-refractivity contribution is 7.20. The third-order valence-electron chi connectivity index (χ3n) is 13.7. The third-order valence-corrected chi connectivity index (χ3v) is 19.9. The minimum atomic E-state index is -3.29. The molecule has 0 bridgehead atoms. The molecule has 13 aromatic rings. The number of aromatic nitrogens is 6. The molecule has 5 heterocycles. The van der Waals surface area contributed by atoms with Crippen molar-refractivity contribution in [1.29, 1.82) is 0 Å². The molecule has 0 aliphatic carbocycles. The van der Waals surface area contributed by atoms with Crippen molar-refractivity contribution in [3.05, 3.63) is 218 Å². The lowest BCUT2D eigenvalue weighted by Crippen LogP contribution is -2.75. The van der Waals surface area contributed by atoms with Gasteiger partial charge in [-0.15, -0.1) is 0 Å². The number of imidazole rings is 4. The van der Waals surface area contributed by atoms with Gasteiger partial charge in [0, 0.05) is 24.0 Å². The molecular formula is C58H42N6O3Si2. The number of ether oxygens (including phenoxy) is 1. The second kappa shape index (κ2) is 14.9. The van der Waals surface area contributed by atoms with Gasteiger partial charge in [-0.25, -0.2) is 9.97 Å². The molecule has 0 fully saturated rings. The van der Waals surface area contributed by atoms with E-state index in [1.165, 1.54) is 15.6 Å². The van der Waals surface area contributed by atoms with Crippen molar-refractivity contribution in [2.75, 3.05) is 0 Å². The van der Waals surface area contributed by atoms with Crippen LogP contribution in [0.4, 0.5) is 0 Å². The van der Waals surface area contributed by atoms with Gasteiger partial charge < -0.3 is 13.6 Å². The molecule has 14 rings (SSSR count). The Morgan fingerprint density at radius 2 is 0.884 bits per heavy atom. The van der Waals surface area contributed by atoms with Gasteiger partial charge >= 0.3 is 8.56 Å². The maximum Gasteiger partial charge on any atom is 0.454 e. The van der Waals surface area contributed by atoms with Crippen LogP contribution in [-0.4, -0.2) is 44.5 Å². The highest BCUT2D eigenvalue weighted by Gasteiger charge is 2.46. The second-order valence-corrected chi connectivity index (χ2v) is 25.1. The quantitative estimate of drug-likeness (QED) is 0.123. The molecule has 0 unspecified atom stereocenters. The molecule has 11 heteroatoms. The summed E-state index contributed by atoms with van der Waals surface area (Å²) in [5.74, 6) is 4.41. The maximum absolute atomic E-state index is 7.12. The fourth-order valence-electron chi connectivity index (χ4n) is 10.9. The van der Waals surface area contributed by atoms with Crippen LogP contribution in [0.1, 0.15) is 0 Å². The standard InChI is InChI=1S/C58H42N6O3Si2/c1-68(2)66-53-32-16-15-31-52(53)65-56-54(67-68)33-18-34-55(56)69(41-20-5-3-6-21-41,42-22-7-4-8-23-42)43-24-17-19-39(37-43)61-50-36-35-40(38-51(50)64-47-28-12-10-26-45(47)60-58(61)64)62-48-29-13-14-30-49(48)63-46-27-11-9-25-44(46)59-57(62)63/h3-38H,1-2H3. The topological polar surface area (TPSA) is 72.2 Å². The normalized spacial score (nSPS) is 13.5. The van der Waals surface area contributed by atoms with Crippen molar-refractivity contribution in [3.8, 4) is 34.4 Å². The molecule has 0 radical (unpaired) electrons. The minimum absolute atomic E-state index is 0.662. The van der Waals surface area contributed by atoms with Gasteiger partial charge in [-0.1, -0.05) is 133 Å². The monoisotopic (exact) mass is 926 g/mol. The number of fused-ring (bicyclic) bond motifs is 12. The molecule has 330 valence electrons. The number of para-hydroxylation sites is 9. The summed E-state index contributed by atoms with van der Waals surface area (Å²) in [5, 5.41) is 4.68. The molecule has 0 saturated heterocycles. The lowest BCUT2D eigenvalue weighted by atomic mass is 10.2. The van der Waals surface area contributed by atoms with Crippen LogP contribution in [0, 0.1) is 0 Å². The molecule has 1 aliphatic heterocycles. The van der Waals surface area contributed by atoms with Gasteiger partial charge in [0.15, 0.2) is 19.6 Å². The number of nitrogens with zero attached hydrogens (tertiary/aromatic N) is 6. The first kappa shape index (κ1) is 39.5. The summed E-state index contributed by atoms with van der Waals surface area (Å²) < 4.78 is 29.8. The van der Waals surface area contributed by atoms with E-state index in [0.717, 1.165) is 72.3 Å². The summed E-state index contributed by atoms with van der Waals surface area (Å²) in [6.45, 7) is 4.16. The SMILES string of the molecule is C[Si]1(C)Oc2ccccc2Oc2c(cccc2[Si](c2ccccc2)(c2ccccc2)c2cccc(-n3c4ccc(-n5c6ccccc6n6c7ccccc7nc56)cc4n4c5ccccc5nc34)c2)O1. The molecule has 0 saturated carbocycles. The summed E-state index contributed by atoms with van der Waals surface area (Å²) in [7, 11) is -6.04. The average molecular weight is 927 g/mol. The number of hydrogen-bond acceptors (Lipinski definition) is 5. The number of rotatable bonds is 6. The predicted molar refractivity (Wildman–Crippen MR) is 281 cm³/mol. The van der Waals surface area contributed by atoms with E-state index >= 15 is 0 Å². The first-order valence-electron chi connectivity index (χ1n) is 23.2. The largest absolute Gasteiger partial charge is 0.509 e. The molecule has 0 atom stereocenters. The van der Waals surface area contributed by atoms with Crippen LogP contribution in [-0.2, 0) is 0 Å². The van der Waals surface area contributed by atoms with Crippen molar-refractivity contribution in [2.45, 2.75) is 13.1 Å². The Bertz CT molecular complexity index is 4140. The van der Waals surface area contributed by atoms with E-state index in [1.807, 2.05) is 36.4 Å². The van der Waals surface area contributed by atoms with E-state index < -0.39 is 16.6 Å². The van der Waals surface area contributed by atoms with Crippen molar-refractivity contribution in [1.82, 2.24) is 27.9 Å². The fraction of sp³-hybridized carbons (Fsp3) is 0.0345. The van der Waals surface area contributed by atoms with Crippen LogP contribution in [0.5, 0.6) is 23.0 Å². The molecule has 69 heavy (non-hydrogen) atoms. The Kier molecular flexibility index (Phi) is 8.55. The lowest BCUT2D eigenvalue weighted by Gasteiger charge is -2.37. The van der Waals surface area contributed by atoms with Gasteiger partial charge in [-0.05, 0) is 100 Å². The molecule has 9 aromatic carbocycles. The van der Waals surface area contributed by atoms with Gasteiger partial charge in [-0.3, -0.25) is 17.9 Å². The first-order valence-corrected chi connectivity index (χ1v) is 28.1. The van der Waals surface area contributed by atoms with E-state index in [1.54, 1.807) is 0 Å². The van der Waals surface area contributed by atoms with E-state index in [-0.39, 0.29) is 0 Å². The van der Waals surface area contributed by atoms with Crippen molar-refractivity contribution in [3.63, 3.8) is 0 Å². The van der Waals surface area contributed by atoms with Crippen LogP contribution in [0.2, 0.25) is 13.1 Å². The fourth-order valence-corrected chi connectivity index (χ4v) is 17.2. The Labute approximate surface area is 398 Å². The Morgan fingerprint density at radius 1 is 0.391 bits per heavy atom. The van der Waals surface area contributed by atoms with E-state index in [0.29, 0.717) is 23.0 Å². The summed E-state index contributed by atoms with van der Waals surface area (Å²) in [5.41, 5.74) is 10.2.